The smallest absolute Gasteiger partial charge is 0.138 e. The van der Waals surface area contributed by atoms with Crippen LogP contribution < -0.4 is 0 Å². The Kier molecular flexibility index (Phi) is 4.01. The first-order valence-corrected chi connectivity index (χ1v) is 10.9. The summed E-state index contributed by atoms with van der Waals surface area (Å²) in [6.45, 7) is 0. The van der Waals surface area contributed by atoms with Crippen molar-refractivity contribution < 1.29 is 0 Å². The number of nitrogens with zero attached hydrogens (tertiary/aromatic N) is 6. The number of imidazole rings is 1. The first-order chi connectivity index (χ1) is 16.8. The minimum atomic E-state index is 0.798. The molecule has 7 aromatic rings. The lowest BCUT2D eigenvalue weighted by atomic mass is 10.1. The van der Waals surface area contributed by atoms with Crippen molar-refractivity contribution in [3.05, 3.63) is 97.5 Å². The van der Waals surface area contributed by atoms with Crippen LogP contribution in [-0.4, -0.2) is 34.9 Å². The quantitative estimate of drug-likeness (QED) is 0.364. The van der Waals surface area contributed by atoms with Crippen molar-refractivity contribution in [1.82, 2.24) is 34.9 Å². The zero-order valence-electron chi connectivity index (χ0n) is 17.9. The minimum Gasteiger partial charge on any atom is -0.337 e. The van der Waals surface area contributed by atoms with Gasteiger partial charge in [0.05, 0.1) is 34.0 Å². The molecule has 0 aliphatic rings. The van der Waals surface area contributed by atoms with Gasteiger partial charge in [-0.05, 0) is 48.5 Å². The number of H-pyrrole nitrogens is 1. The molecule has 0 unspecified atom stereocenters. The van der Waals surface area contributed by atoms with Gasteiger partial charge in [-0.15, -0.1) is 5.10 Å². The Labute approximate surface area is 193 Å². The maximum absolute atomic E-state index is 4.95. The second kappa shape index (κ2) is 7.31. The van der Waals surface area contributed by atoms with E-state index in [0.717, 1.165) is 61.2 Å². The number of aromatic nitrogens is 7. The third-order valence-corrected chi connectivity index (χ3v) is 6.04. The van der Waals surface area contributed by atoms with Gasteiger partial charge < -0.3 is 4.98 Å². The molecule has 0 saturated heterocycles. The fourth-order valence-electron chi connectivity index (χ4n) is 4.38. The van der Waals surface area contributed by atoms with E-state index in [-0.39, 0.29) is 0 Å². The minimum absolute atomic E-state index is 0.798. The average Bonchev–Trinajstić information content (AvgIpc) is 3.58. The molecule has 0 fully saturated rings. The highest BCUT2D eigenvalue weighted by molar-refractivity contribution is 6.21. The number of aromatic amines is 1. The highest BCUT2D eigenvalue weighted by Gasteiger charge is 2.15. The van der Waals surface area contributed by atoms with Crippen LogP contribution in [0.1, 0.15) is 0 Å². The summed E-state index contributed by atoms with van der Waals surface area (Å²) in [5.74, 6) is 0.798. The third-order valence-electron chi connectivity index (χ3n) is 6.04. The Morgan fingerprint density at radius 1 is 0.647 bits per heavy atom. The van der Waals surface area contributed by atoms with Crippen LogP contribution >= 0.6 is 0 Å². The second-order valence-corrected chi connectivity index (χ2v) is 8.07. The summed E-state index contributed by atoms with van der Waals surface area (Å²) in [6.07, 6.45) is 5.53. The van der Waals surface area contributed by atoms with Crippen LogP contribution in [0.3, 0.4) is 0 Å². The molecule has 34 heavy (non-hydrogen) atoms. The first kappa shape index (κ1) is 18.6. The molecule has 7 heteroatoms. The van der Waals surface area contributed by atoms with E-state index < -0.39 is 0 Å². The predicted molar refractivity (Wildman–Crippen MR) is 132 cm³/mol. The molecular weight excluding hydrogens is 422 g/mol. The van der Waals surface area contributed by atoms with Gasteiger partial charge in [0.25, 0.3) is 0 Å². The fraction of sp³-hybridized carbons (Fsp3) is 0. The number of hydrogen-bond donors (Lipinski definition) is 1. The Morgan fingerprint density at radius 2 is 1.38 bits per heavy atom. The summed E-state index contributed by atoms with van der Waals surface area (Å²) in [5.41, 5.74) is 7.38. The normalized spacial score (nSPS) is 11.5. The number of benzene rings is 3. The summed E-state index contributed by atoms with van der Waals surface area (Å²) in [4.78, 5) is 17.6. The number of rotatable bonds is 3. The second-order valence-electron chi connectivity index (χ2n) is 8.07. The van der Waals surface area contributed by atoms with Gasteiger partial charge in [-0.3, -0.25) is 9.97 Å². The van der Waals surface area contributed by atoms with Crippen LogP contribution in [0, 0.1) is 0 Å². The van der Waals surface area contributed by atoms with Crippen molar-refractivity contribution in [2.24, 2.45) is 0 Å². The molecule has 4 heterocycles. The molecule has 0 atom stereocenters. The molecule has 0 bridgehead atoms. The van der Waals surface area contributed by atoms with Gasteiger partial charge >= 0.3 is 0 Å². The lowest BCUT2D eigenvalue weighted by Gasteiger charge is -2.03. The molecule has 0 radical (unpaired) electrons. The van der Waals surface area contributed by atoms with Gasteiger partial charge in [0.15, 0.2) is 0 Å². The van der Waals surface area contributed by atoms with E-state index >= 15 is 0 Å². The Morgan fingerprint density at radius 3 is 2.18 bits per heavy atom. The monoisotopic (exact) mass is 439 g/mol. The highest BCUT2D eigenvalue weighted by atomic mass is 15.4. The van der Waals surface area contributed by atoms with E-state index in [4.69, 9.17) is 4.98 Å². The van der Waals surface area contributed by atoms with Crippen molar-refractivity contribution in [2.75, 3.05) is 0 Å². The summed E-state index contributed by atoms with van der Waals surface area (Å²) >= 11 is 0. The van der Waals surface area contributed by atoms with E-state index in [0.29, 0.717) is 0 Å². The molecule has 0 amide bonds. The van der Waals surface area contributed by atoms with Crippen molar-refractivity contribution in [2.45, 2.75) is 0 Å². The molecule has 0 saturated carbocycles. The summed E-state index contributed by atoms with van der Waals surface area (Å²) in [7, 11) is 0. The van der Waals surface area contributed by atoms with Crippen LogP contribution in [0.25, 0.3) is 61.2 Å². The average molecular weight is 439 g/mol. The van der Waals surface area contributed by atoms with Crippen molar-refractivity contribution >= 4 is 32.8 Å². The van der Waals surface area contributed by atoms with Gasteiger partial charge in [0, 0.05) is 34.3 Å². The largest absolute Gasteiger partial charge is 0.337 e. The molecule has 160 valence electrons. The summed E-state index contributed by atoms with van der Waals surface area (Å²) in [5, 5.41) is 10.6. The van der Waals surface area contributed by atoms with Crippen LogP contribution in [0.4, 0.5) is 0 Å². The van der Waals surface area contributed by atoms with E-state index in [1.807, 2.05) is 79.0 Å². The van der Waals surface area contributed by atoms with E-state index in [9.17, 15) is 0 Å². The Balaban J connectivity index is 1.31. The molecule has 1 N–H and O–H groups in total. The van der Waals surface area contributed by atoms with Crippen LogP contribution in [-0.2, 0) is 0 Å². The molecule has 0 spiro atoms. The maximum atomic E-state index is 4.95. The summed E-state index contributed by atoms with van der Waals surface area (Å²) < 4.78 is 1.78. The fourth-order valence-corrected chi connectivity index (χ4v) is 4.38. The molecular formula is C27H17N7. The Hall–Kier alpha value is -4.91. The number of fused-ring (bicyclic) bond motifs is 6. The lowest BCUT2D eigenvalue weighted by Crippen LogP contribution is -1.94. The highest BCUT2D eigenvalue weighted by Crippen LogP contribution is 2.33. The van der Waals surface area contributed by atoms with Crippen LogP contribution in [0.15, 0.2) is 97.5 Å². The van der Waals surface area contributed by atoms with Crippen molar-refractivity contribution in [1.29, 1.82) is 0 Å². The van der Waals surface area contributed by atoms with E-state index in [1.54, 1.807) is 17.1 Å². The van der Waals surface area contributed by atoms with Gasteiger partial charge in [-0.25, -0.2) is 9.67 Å². The predicted octanol–water partition coefficient (Wildman–Crippen LogP) is 5.57. The lowest BCUT2D eigenvalue weighted by molar-refractivity contribution is 0.804. The van der Waals surface area contributed by atoms with Crippen molar-refractivity contribution in [3.63, 3.8) is 0 Å². The van der Waals surface area contributed by atoms with E-state index in [1.165, 1.54) is 0 Å². The standard InChI is InChI=1S/C27H17N7/c1-2-6-17(7-3-1)22-16-34(33-32-22)19-12-10-18(11-13-19)27-30-25-20-8-4-14-28-23(20)24-21(26(25)31-27)9-5-15-29-24/h1-16H,(H,30,31). The van der Waals surface area contributed by atoms with Crippen LogP contribution in [0.2, 0.25) is 0 Å². The van der Waals surface area contributed by atoms with Gasteiger partial charge in [-0.2, -0.15) is 0 Å². The Bertz CT molecular complexity index is 1730. The maximum Gasteiger partial charge on any atom is 0.138 e. The van der Waals surface area contributed by atoms with Gasteiger partial charge in [0.2, 0.25) is 0 Å². The summed E-state index contributed by atoms with van der Waals surface area (Å²) in [6, 6.07) is 26.1. The van der Waals surface area contributed by atoms with Gasteiger partial charge in [0.1, 0.15) is 11.5 Å². The molecule has 7 rings (SSSR count). The SMILES string of the molecule is c1ccc(-c2cn(-c3ccc(-c4nc5c6cccnc6c6ncccc6c5[nH]4)cc3)nn2)cc1. The zero-order chi connectivity index (χ0) is 22.5. The molecule has 0 aliphatic carbocycles. The number of nitrogens with one attached hydrogen (secondary N) is 1. The van der Waals surface area contributed by atoms with Gasteiger partial charge in [-0.1, -0.05) is 35.5 Å². The molecule has 0 aliphatic heterocycles. The topological polar surface area (TPSA) is 85.2 Å². The number of pyridine rings is 2. The van der Waals surface area contributed by atoms with Crippen LogP contribution in [0.5, 0.6) is 0 Å². The molecule has 4 aromatic heterocycles. The van der Waals surface area contributed by atoms with E-state index in [2.05, 4.69) is 31.3 Å². The zero-order valence-corrected chi connectivity index (χ0v) is 17.9. The molecule has 3 aromatic carbocycles. The first-order valence-electron chi connectivity index (χ1n) is 10.9. The third kappa shape index (κ3) is 2.87. The molecule has 7 nitrogen and oxygen atoms in total. The number of hydrogen-bond acceptors (Lipinski definition) is 5. The van der Waals surface area contributed by atoms with Crippen molar-refractivity contribution in [3.8, 4) is 28.3 Å².